The number of hydrogen-bond acceptors (Lipinski definition) is 2. The van der Waals surface area contributed by atoms with Crippen molar-refractivity contribution in [3.8, 4) is 5.75 Å². The highest BCUT2D eigenvalue weighted by Gasteiger charge is 2.09. The molecule has 2 aromatic carbocycles. The van der Waals surface area contributed by atoms with E-state index in [2.05, 4.69) is 20.0 Å². The molecule has 5 heteroatoms. The van der Waals surface area contributed by atoms with Crippen LogP contribution in [0.3, 0.4) is 0 Å². The van der Waals surface area contributed by atoms with E-state index in [1.807, 2.05) is 30.6 Å². The number of phenols is 1. The molecule has 5 nitrogen and oxygen atoms in total. The van der Waals surface area contributed by atoms with Gasteiger partial charge < -0.3 is 10.1 Å². The molecule has 4 rings (SSSR count). The number of benzene rings is 2. The molecule has 0 amide bonds. The number of hydrogen-bond donors (Lipinski definition) is 2. The van der Waals surface area contributed by atoms with Crippen LogP contribution in [-0.4, -0.2) is 16.1 Å². The average Bonchev–Trinajstić information content (AvgIpc) is 3.06. The lowest BCUT2D eigenvalue weighted by atomic mass is 10.2. The fourth-order valence-electron chi connectivity index (χ4n) is 2.26. The van der Waals surface area contributed by atoms with Gasteiger partial charge in [0.2, 0.25) is 0 Å². The number of aliphatic imine (C=N–C) groups is 1. The van der Waals surface area contributed by atoms with E-state index < -0.39 is 0 Å². The quantitative estimate of drug-likeness (QED) is 0.689. The van der Waals surface area contributed by atoms with Gasteiger partial charge >= 0.3 is 0 Å². The van der Waals surface area contributed by atoms with Crippen molar-refractivity contribution in [3.63, 3.8) is 0 Å². The first-order valence-corrected chi connectivity index (χ1v) is 6.21. The highest BCUT2D eigenvalue weighted by molar-refractivity contribution is 5.90. The smallest absolute Gasteiger partial charge is 0.251 e. The lowest BCUT2D eigenvalue weighted by Crippen LogP contribution is -2.21. The second-order valence-corrected chi connectivity index (χ2v) is 4.52. The van der Waals surface area contributed by atoms with Crippen LogP contribution < -0.4 is 10.7 Å². The van der Waals surface area contributed by atoms with Crippen LogP contribution in [0.15, 0.2) is 63.8 Å². The normalized spacial score (nSPS) is 15.1. The van der Waals surface area contributed by atoms with Gasteiger partial charge in [-0.05, 0) is 18.2 Å². The zero-order chi connectivity index (χ0) is 13.5. The van der Waals surface area contributed by atoms with Crippen molar-refractivity contribution < 1.29 is 5.11 Å². The van der Waals surface area contributed by atoms with Crippen molar-refractivity contribution in [2.24, 2.45) is 15.0 Å². The van der Waals surface area contributed by atoms with E-state index in [0.29, 0.717) is 11.6 Å². The molecule has 1 aromatic heterocycles. The topological polar surface area (TPSA) is 73.1 Å². The number of aromatic amines is 1. The summed E-state index contributed by atoms with van der Waals surface area (Å²) in [6, 6.07) is 10.8. The predicted octanol–water partition coefficient (Wildman–Crippen LogP) is 1.81. The Morgan fingerprint density at radius 3 is 2.80 bits per heavy atom. The number of aromatic hydroxyl groups is 1. The van der Waals surface area contributed by atoms with Gasteiger partial charge in [-0.15, -0.1) is 0 Å². The lowest BCUT2D eigenvalue weighted by Gasteiger charge is -1.96. The molecule has 3 aromatic rings. The molecule has 0 spiro atoms. The first kappa shape index (κ1) is 10.9. The van der Waals surface area contributed by atoms with Crippen molar-refractivity contribution in [2.45, 2.75) is 0 Å². The van der Waals surface area contributed by atoms with E-state index in [0.717, 1.165) is 21.5 Å². The van der Waals surface area contributed by atoms with Crippen LogP contribution in [0.5, 0.6) is 5.75 Å². The molecule has 96 valence electrons. The van der Waals surface area contributed by atoms with E-state index in [1.165, 1.54) is 0 Å². The largest absolute Gasteiger partial charge is 0.506 e. The number of guanidine groups is 1. The summed E-state index contributed by atoms with van der Waals surface area (Å²) in [5.41, 5.74) is 0.466. The minimum absolute atomic E-state index is 0.119. The Bertz CT molecular complexity index is 969. The van der Waals surface area contributed by atoms with Crippen molar-refractivity contribution >= 4 is 22.4 Å². The minimum atomic E-state index is 0.119. The second-order valence-electron chi connectivity index (χ2n) is 4.52. The van der Waals surface area contributed by atoms with Crippen molar-refractivity contribution in [3.05, 3.63) is 59.5 Å². The van der Waals surface area contributed by atoms with E-state index in [9.17, 15) is 5.11 Å². The van der Waals surface area contributed by atoms with Crippen LogP contribution in [-0.2, 0) is 0 Å². The Hall–Kier alpha value is -2.95. The molecule has 0 aliphatic carbocycles. The lowest BCUT2D eigenvalue weighted by molar-refractivity contribution is 0.477. The van der Waals surface area contributed by atoms with Crippen molar-refractivity contribution in [1.29, 1.82) is 0 Å². The van der Waals surface area contributed by atoms with Crippen LogP contribution in [0, 0.1) is 0 Å². The average molecular weight is 262 g/mol. The summed E-state index contributed by atoms with van der Waals surface area (Å²) in [6.07, 6.45) is 3.82. The van der Waals surface area contributed by atoms with Gasteiger partial charge in [0.05, 0.1) is 5.36 Å². The molecular weight excluding hydrogens is 252 g/mol. The highest BCUT2D eigenvalue weighted by Crippen LogP contribution is 2.25. The molecule has 2 heterocycles. The molecule has 0 bridgehead atoms. The maximum absolute atomic E-state index is 9.73. The zero-order valence-corrected chi connectivity index (χ0v) is 10.4. The van der Waals surface area contributed by atoms with Gasteiger partial charge in [-0.3, -0.25) is 0 Å². The van der Waals surface area contributed by atoms with E-state index in [4.69, 9.17) is 0 Å². The monoisotopic (exact) mass is 262 g/mol. The van der Waals surface area contributed by atoms with Gasteiger partial charge in [0.1, 0.15) is 16.8 Å². The fraction of sp³-hybridized carbons (Fsp3) is 0. The Balaban J connectivity index is 1.93. The number of nitrogens with zero attached hydrogens (tertiary/aromatic N) is 3. The third-order valence-electron chi connectivity index (χ3n) is 3.23. The summed E-state index contributed by atoms with van der Waals surface area (Å²) in [5.74, 6) is 0.475. The summed E-state index contributed by atoms with van der Waals surface area (Å²) in [5, 5.41) is 13.5. The molecule has 0 saturated heterocycles. The maximum atomic E-state index is 9.73. The van der Waals surface area contributed by atoms with Gasteiger partial charge in [-0.25, -0.2) is 15.0 Å². The van der Waals surface area contributed by atoms with Crippen molar-refractivity contribution in [2.75, 3.05) is 0 Å². The van der Waals surface area contributed by atoms with Crippen LogP contribution in [0.4, 0.5) is 5.69 Å². The van der Waals surface area contributed by atoms with Gasteiger partial charge in [0, 0.05) is 23.2 Å². The van der Waals surface area contributed by atoms with Crippen LogP contribution >= 0.6 is 0 Å². The summed E-state index contributed by atoms with van der Waals surface area (Å²) in [7, 11) is 0. The number of rotatable bonds is 1. The number of nitrogens with one attached hydrogen (secondary N) is 1. The van der Waals surface area contributed by atoms with E-state index in [-0.39, 0.29) is 5.75 Å². The summed E-state index contributed by atoms with van der Waals surface area (Å²) in [4.78, 5) is 16.2. The third-order valence-corrected chi connectivity index (χ3v) is 3.23. The summed E-state index contributed by atoms with van der Waals surface area (Å²) >= 11 is 0. The number of aromatic nitrogens is 1. The SMILES string of the molecule is Oc1ccccc1N=C1N=c2ccc3c[nH]cc3c2=N1. The van der Waals surface area contributed by atoms with Gasteiger partial charge in [0.25, 0.3) is 5.96 Å². The second kappa shape index (κ2) is 4.03. The van der Waals surface area contributed by atoms with Crippen LogP contribution in [0.2, 0.25) is 0 Å². The zero-order valence-electron chi connectivity index (χ0n) is 10.4. The van der Waals surface area contributed by atoms with Crippen molar-refractivity contribution in [1.82, 2.24) is 4.98 Å². The summed E-state index contributed by atoms with van der Waals surface area (Å²) in [6.45, 7) is 0. The molecule has 0 saturated carbocycles. The third kappa shape index (κ3) is 1.60. The molecule has 1 aliphatic heterocycles. The van der Waals surface area contributed by atoms with Crippen LogP contribution in [0.1, 0.15) is 0 Å². The number of fused-ring (bicyclic) bond motifs is 3. The molecule has 0 unspecified atom stereocenters. The Morgan fingerprint density at radius 2 is 1.90 bits per heavy atom. The summed E-state index contributed by atoms with van der Waals surface area (Å²) < 4.78 is 0. The predicted molar refractivity (Wildman–Crippen MR) is 75.8 cm³/mol. The Labute approximate surface area is 113 Å². The Morgan fingerprint density at radius 1 is 1.00 bits per heavy atom. The molecule has 0 radical (unpaired) electrons. The number of para-hydroxylation sites is 2. The molecule has 20 heavy (non-hydrogen) atoms. The number of phenolic OH excluding ortho intramolecular Hbond substituents is 1. The molecule has 0 atom stereocenters. The molecule has 1 aliphatic rings. The standard InChI is InChI=1S/C15H10N4O/c20-13-4-2-1-3-11(13)17-15-18-12-6-5-9-7-16-8-10(9)14(12)19-15/h1-8,16,20H. The van der Waals surface area contributed by atoms with E-state index >= 15 is 0 Å². The molecular formula is C15H10N4O. The number of H-pyrrole nitrogens is 1. The maximum Gasteiger partial charge on any atom is 0.251 e. The highest BCUT2D eigenvalue weighted by atomic mass is 16.3. The van der Waals surface area contributed by atoms with Gasteiger partial charge in [0.15, 0.2) is 0 Å². The first-order valence-electron chi connectivity index (χ1n) is 6.21. The molecule has 2 N–H and O–H groups in total. The Kier molecular flexibility index (Phi) is 2.20. The van der Waals surface area contributed by atoms with E-state index in [1.54, 1.807) is 18.2 Å². The minimum Gasteiger partial charge on any atom is -0.506 e. The van der Waals surface area contributed by atoms with Gasteiger partial charge in [-0.2, -0.15) is 0 Å². The van der Waals surface area contributed by atoms with Gasteiger partial charge in [-0.1, -0.05) is 18.2 Å². The first-order chi connectivity index (χ1) is 9.81. The molecule has 0 fully saturated rings. The van der Waals surface area contributed by atoms with Crippen LogP contribution in [0.25, 0.3) is 10.8 Å². The fourth-order valence-corrected chi connectivity index (χ4v) is 2.26.